The first-order valence-corrected chi connectivity index (χ1v) is 8.56. The van der Waals surface area contributed by atoms with Crippen LogP contribution in [0.25, 0.3) is 0 Å². The molecule has 114 valence electrons. The van der Waals surface area contributed by atoms with E-state index >= 15 is 0 Å². The van der Waals surface area contributed by atoms with Crippen LogP contribution in [-0.2, 0) is 6.54 Å². The van der Waals surface area contributed by atoms with Crippen molar-refractivity contribution >= 4 is 17.2 Å². The monoisotopic (exact) mass is 313 g/mol. The van der Waals surface area contributed by atoms with Gasteiger partial charge in [0.15, 0.2) is 0 Å². The second-order valence-corrected chi connectivity index (χ2v) is 7.48. The lowest BCUT2D eigenvalue weighted by molar-refractivity contribution is 0.00330. The van der Waals surface area contributed by atoms with Gasteiger partial charge >= 0.3 is 0 Å². The summed E-state index contributed by atoms with van der Waals surface area (Å²) in [5, 5.41) is 2.13. The first-order chi connectivity index (χ1) is 10.7. The molecule has 1 amide bonds. The molecule has 4 nitrogen and oxygen atoms in total. The number of aromatic nitrogens is 1. The SMILES string of the molecule is O=C(c1cccnc1)N1CCC2(CN(Cc3cccs3)C2)C1. The summed E-state index contributed by atoms with van der Waals surface area (Å²) in [6.07, 6.45) is 4.49. The molecule has 2 aromatic heterocycles. The first-order valence-electron chi connectivity index (χ1n) is 7.68. The van der Waals surface area contributed by atoms with Crippen LogP contribution in [0.15, 0.2) is 42.0 Å². The average molecular weight is 313 g/mol. The number of pyridine rings is 1. The van der Waals surface area contributed by atoms with Gasteiger partial charge in [0, 0.05) is 55.4 Å². The topological polar surface area (TPSA) is 36.4 Å². The number of rotatable bonds is 3. The van der Waals surface area contributed by atoms with E-state index in [9.17, 15) is 4.79 Å². The molecule has 0 radical (unpaired) electrons. The van der Waals surface area contributed by atoms with Crippen LogP contribution in [0.1, 0.15) is 21.7 Å². The highest BCUT2D eigenvalue weighted by molar-refractivity contribution is 7.09. The minimum atomic E-state index is 0.127. The summed E-state index contributed by atoms with van der Waals surface area (Å²) >= 11 is 1.82. The normalized spacial score (nSPS) is 20.3. The fourth-order valence-electron chi connectivity index (χ4n) is 3.68. The molecule has 2 fully saturated rings. The number of amides is 1. The zero-order chi connectivity index (χ0) is 15.0. The lowest BCUT2D eigenvalue weighted by Crippen LogP contribution is -2.57. The van der Waals surface area contributed by atoms with E-state index in [0.717, 1.165) is 39.1 Å². The van der Waals surface area contributed by atoms with Crippen molar-refractivity contribution < 1.29 is 4.79 Å². The summed E-state index contributed by atoms with van der Waals surface area (Å²) in [4.78, 5) is 22.4. The number of likely N-dealkylation sites (tertiary alicyclic amines) is 2. The summed E-state index contributed by atoms with van der Waals surface area (Å²) < 4.78 is 0. The van der Waals surface area contributed by atoms with Crippen LogP contribution < -0.4 is 0 Å². The summed E-state index contributed by atoms with van der Waals surface area (Å²) in [6.45, 7) is 5.04. The molecule has 0 bridgehead atoms. The highest BCUT2D eigenvalue weighted by atomic mass is 32.1. The molecule has 0 atom stereocenters. The molecule has 22 heavy (non-hydrogen) atoms. The second kappa shape index (κ2) is 5.48. The van der Waals surface area contributed by atoms with Crippen LogP contribution in [0.5, 0.6) is 0 Å². The summed E-state index contributed by atoms with van der Waals surface area (Å²) in [6, 6.07) is 7.98. The fraction of sp³-hybridized carbons (Fsp3) is 0.412. The molecule has 4 rings (SSSR count). The van der Waals surface area contributed by atoms with Crippen LogP contribution >= 0.6 is 11.3 Å². The summed E-state index contributed by atoms with van der Waals surface area (Å²) in [5.74, 6) is 0.127. The largest absolute Gasteiger partial charge is 0.338 e. The number of nitrogens with zero attached hydrogens (tertiary/aromatic N) is 3. The Morgan fingerprint density at radius 1 is 1.27 bits per heavy atom. The minimum absolute atomic E-state index is 0.127. The van der Waals surface area contributed by atoms with E-state index in [4.69, 9.17) is 0 Å². The van der Waals surface area contributed by atoms with Gasteiger partial charge < -0.3 is 4.90 Å². The second-order valence-electron chi connectivity index (χ2n) is 6.44. The molecule has 2 aliphatic rings. The van der Waals surface area contributed by atoms with Crippen molar-refractivity contribution in [1.82, 2.24) is 14.8 Å². The predicted octanol–water partition coefficient (Wildman–Crippen LogP) is 2.49. The Balaban J connectivity index is 1.35. The third-order valence-corrected chi connectivity index (χ3v) is 5.57. The van der Waals surface area contributed by atoms with E-state index in [-0.39, 0.29) is 5.91 Å². The van der Waals surface area contributed by atoms with Crippen molar-refractivity contribution in [2.24, 2.45) is 5.41 Å². The number of hydrogen-bond acceptors (Lipinski definition) is 4. The standard InChI is InChI=1S/C17H19N3OS/c21-16(14-3-1-6-18-9-14)20-7-5-17(13-20)11-19(12-17)10-15-4-2-8-22-15/h1-4,6,8-9H,5,7,10-13H2. The van der Waals surface area contributed by atoms with Crippen molar-refractivity contribution in [2.45, 2.75) is 13.0 Å². The number of carbonyl (C=O) groups excluding carboxylic acids is 1. The van der Waals surface area contributed by atoms with Crippen LogP contribution in [0.2, 0.25) is 0 Å². The fourth-order valence-corrected chi connectivity index (χ4v) is 4.42. The molecule has 0 unspecified atom stereocenters. The number of thiophene rings is 1. The van der Waals surface area contributed by atoms with Gasteiger partial charge in [-0.25, -0.2) is 0 Å². The van der Waals surface area contributed by atoms with E-state index in [0.29, 0.717) is 11.0 Å². The molecule has 0 saturated carbocycles. The maximum absolute atomic E-state index is 12.5. The van der Waals surface area contributed by atoms with Crippen molar-refractivity contribution in [2.75, 3.05) is 26.2 Å². The Morgan fingerprint density at radius 2 is 2.18 bits per heavy atom. The molecule has 4 heterocycles. The predicted molar refractivity (Wildman–Crippen MR) is 86.8 cm³/mol. The Labute approximate surface area is 134 Å². The van der Waals surface area contributed by atoms with Gasteiger partial charge in [-0.15, -0.1) is 11.3 Å². The van der Waals surface area contributed by atoms with Gasteiger partial charge in [0.1, 0.15) is 0 Å². The smallest absolute Gasteiger partial charge is 0.255 e. The van der Waals surface area contributed by atoms with Gasteiger partial charge in [-0.2, -0.15) is 0 Å². The van der Waals surface area contributed by atoms with Crippen LogP contribution in [0.3, 0.4) is 0 Å². The van der Waals surface area contributed by atoms with Crippen molar-refractivity contribution in [3.8, 4) is 0 Å². The molecule has 0 N–H and O–H groups in total. The van der Waals surface area contributed by atoms with Crippen molar-refractivity contribution in [1.29, 1.82) is 0 Å². The first kappa shape index (κ1) is 13.9. The van der Waals surface area contributed by atoms with Crippen LogP contribution in [0.4, 0.5) is 0 Å². The Hall–Kier alpha value is -1.72. The van der Waals surface area contributed by atoms with Crippen LogP contribution in [0, 0.1) is 5.41 Å². The Morgan fingerprint density at radius 3 is 2.91 bits per heavy atom. The van der Waals surface area contributed by atoms with Gasteiger partial charge in [-0.1, -0.05) is 6.07 Å². The molecular formula is C17H19N3OS. The lowest BCUT2D eigenvalue weighted by atomic mass is 9.79. The molecule has 1 spiro atoms. The number of hydrogen-bond donors (Lipinski definition) is 0. The summed E-state index contributed by atoms with van der Waals surface area (Å²) in [7, 11) is 0. The van der Waals surface area contributed by atoms with Gasteiger partial charge in [-0.3, -0.25) is 14.7 Å². The van der Waals surface area contributed by atoms with Crippen molar-refractivity contribution in [3.63, 3.8) is 0 Å². The van der Waals surface area contributed by atoms with E-state index in [1.807, 2.05) is 28.4 Å². The highest BCUT2D eigenvalue weighted by Gasteiger charge is 2.48. The molecule has 2 aliphatic heterocycles. The van der Waals surface area contributed by atoms with E-state index in [2.05, 4.69) is 27.4 Å². The number of carbonyl (C=O) groups is 1. The third-order valence-electron chi connectivity index (χ3n) is 4.71. The average Bonchev–Trinajstić information content (AvgIpc) is 3.17. The molecule has 0 aromatic carbocycles. The highest BCUT2D eigenvalue weighted by Crippen LogP contribution is 2.40. The van der Waals surface area contributed by atoms with Gasteiger partial charge in [0.2, 0.25) is 0 Å². The van der Waals surface area contributed by atoms with E-state index in [1.165, 1.54) is 4.88 Å². The Kier molecular flexibility index (Phi) is 3.47. The van der Waals surface area contributed by atoms with E-state index < -0.39 is 0 Å². The van der Waals surface area contributed by atoms with E-state index in [1.54, 1.807) is 12.4 Å². The molecule has 0 aliphatic carbocycles. The maximum atomic E-state index is 12.5. The molecule has 5 heteroatoms. The molecule has 2 saturated heterocycles. The van der Waals surface area contributed by atoms with Crippen LogP contribution in [-0.4, -0.2) is 46.9 Å². The van der Waals surface area contributed by atoms with Gasteiger partial charge in [-0.05, 0) is 30.0 Å². The molecular weight excluding hydrogens is 294 g/mol. The summed E-state index contributed by atoms with van der Waals surface area (Å²) in [5.41, 5.74) is 1.03. The maximum Gasteiger partial charge on any atom is 0.255 e. The van der Waals surface area contributed by atoms with Gasteiger partial charge in [0.25, 0.3) is 5.91 Å². The minimum Gasteiger partial charge on any atom is -0.338 e. The zero-order valence-corrected chi connectivity index (χ0v) is 13.3. The quantitative estimate of drug-likeness (QED) is 0.873. The zero-order valence-electron chi connectivity index (χ0n) is 12.4. The van der Waals surface area contributed by atoms with Gasteiger partial charge in [0.05, 0.1) is 5.56 Å². The molecule has 2 aromatic rings. The van der Waals surface area contributed by atoms with Crippen molar-refractivity contribution in [3.05, 3.63) is 52.5 Å². The lowest BCUT2D eigenvalue weighted by Gasteiger charge is -2.48. The Bertz CT molecular complexity index is 650. The third kappa shape index (κ3) is 2.55.